The van der Waals surface area contributed by atoms with Gasteiger partial charge in [-0.15, -0.1) is 20.4 Å². The Balaban J connectivity index is 1.70. The van der Waals surface area contributed by atoms with Gasteiger partial charge in [-0.3, -0.25) is 0 Å². The first-order valence-corrected chi connectivity index (χ1v) is 6.90. The fraction of sp³-hybridized carbons (Fsp3) is 0.167. The highest BCUT2D eigenvalue weighted by Crippen LogP contribution is 2.22. The molecule has 0 radical (unpaired) electrons. The van der Waals surface area contributed by atoms with Gasteiger partial charge in [0.25, 0.3) is 0 Å². The molecule has 20 heavy (non-hydrogen) atoms. The molecule has 0 saturated carbocycles. The van der Waals surface area contributed by atoms with Crippen LogP contribution >= 0.6 is 11.8 Å². The molecule has 7 nitrogen and oxygen atoms in total. The van der Waals surface area contributed by atoms with Gasteiger partial charge in [-0.25, -0.2) is 4.68 Å². The van der Waals surface area contributed by atoms with Crippen molar-refractivity contribution in [1.82, 2.24) is 25.1 Å². The molecule has 0 unspecified atom stereocenters. The molecule has 0 aliphatic rings. The average Bonchev–Trinajstić information content (AvgIpc) is 3.07. The van der Waals surface area contributed by atoms with Gasteiger partial charge in [0.1, 0.15) is 5.82 Å². The summed E-state index contributed by atoms with van der Waals surface area (Å²) in [6, 6.07) is 9.63. The number of rotatable bonds is 4. The maximum absolute atomic E-state index is 5.77. The van der Waals surface area contributed by atoms with Crippen LogP contribution in [-0.2, 0) is 5.75 Å². The van der Waals surface area contributed by atoms with Crippen molar-refractivity contribution in [1.29, 1.82) is 0 Å². The van der Waals surface area contributed by atoms with Crippen molar-refractivity contribution in [2.24, 2.45) is 0 Å². The molecule has 0 aliphatic heterocycles. The van der Waals surface area contributed by atoms with Crippen LogP contribution in [0.15, 0.2) is 39.9 Å². The number of benzene rings is 1. The number of aromatic nitrogens is 5. The van der Waals surface area contributed by atoms with Crippen LogP contribution < -0.4 is 5.84 Å². The molecule has 2 aromatic heterocycles. The first-order chi connectivity index (χ1) is 9.74. The molecule has 102 valence electrons. The molecule has 0 spiro atoms. The summed E-state index contributed by atoms with van der Waals surface area (Å²) in [6.45, 7) is 1.79. The molecular formula is C12H12N6OS. The van der Waals surface area contributed by atoms with Crippen LogP contribution in [0.3, 0.4) is 0 Å². The molecule has 3 aromatic rings. The highest BCUT2D eigenvalue weighted by atomic mass is 32.2. The largest absolute Gasteiger partial charge is 0.420 e. The number of nitrogens with two attached hydrogens (primary N) is 1. The zero-order chi connectivity index (χ0) is 13.9. The topological polar surface area (TPSA) is 95.6 Å². The molecular weight excluding hydrogens is 276 g/mol. The average molecular weight is 288 g/mol. The predicted molar refractivity (Wildman–Crippen MR) is 74.2 cm³/mol. The molecule has 2 heterocycles. The van der Waals surface area contributed by atoms with Gasteiger partial charge in [0.2, 0.25) is 16.9 Å². The number of hydrogen-bond acceptors (Lipinski definition) is 7. The zero-order valence-corrected chi connectivity index (χ0v) is 11.5. The van der Waals surface area contributed by atoms with Crippen LogP contribution in [0.25, 0.3) is 11.5 Å². The second kappa shape index (κ2) is 5.33. The van der Waals surface area contributed by atoms with Crippen molar-refractivity contribution in [3.63, 3.8) is 0 Å². The van der Waals surface area contributed by atoms with Gasteiger partial charge in [-0.2, -0.15) is 0 Å². The van der Waals surface area contributed by atoms with Crippen LogP contribution in [-0.4, -0.2) is 25.1 Å². The molecule has 0 saturated heterocycles. The van der Waals surface area contributed by atoms with E-state index in [-0.39, 0.29) is 0 Å². The molecule has 0 aliphatic carbocycles. The minimum atomic E-state index is 0.495. The number of hydrogen-bond donors (Lipinski definition) is 1. The Kier molecular flexibility index (Phi) is 3.38. The third-order valence-corrected chi connectivity index (χ3v) is 3.58. The Morgan fingerprint density at radius 2 is 1.95 bits per heavy atom. The van der Waals surface area contributed by atoms with Crippen molar-refractivity contribution in [2.45, 2.75) is 17.8 Å². The Labute approximate surface area is 119 Å². The van der Waals surface area contributed by atoms with Crippen molar-refractivity contribution in [3.05, 3.63) is 42.0 Å². The summed E-state index contributed by atoms with van der Waals surface area (Å²) in [5.41, 5.74) is 0.897. The van der Waals surface area contributed by atoms with Gasteiger partial charge >= 0.3 is 0 Å². The molecule has 1 aromatic carbocycles. The summed E-state index contributed by atoms with van der Waals surface area (Å²) in [5.74, 6) is 7.95. The fourth-order valence-electron chi connectivity index (χ4n) is 1.58. The second-order valence-corrected chi connectivity index (χ2v) is 5.00. The summed E-state index contributed by atoms with van der Waals surface area (Å²) in [6.07, 6.45) is 0. The minimum Gasteiger partial charge on any atom is -0.420 e. The van der Waals surface area contributed by atoms with E-state index in [0.29, 0.717) is 28.5 Å². The molecule has 0 bridgehead atoms. The number of aryl methyl sites for hydroxylation is 1. The van der Waals surface area contributed by atoms with E-state index < -0.39 is 0 Å². The lowest BCUT2D eigenvalue weighted by Crippen LogP contribution is -2.11. The van der Waals surface area contributed by atoms with Crippen LogP contribution in [0, 0.1) is 6.92 Å². The van der Waals surface area contributed by atoms with Gasteiger partial charge in [-0.05, 0) is 19.1 Å². The Morgan fingerprint density at radius 1 is 1.15 bits per heavy atom. The van der Waals surface area contributed by atoms with E-state index in [1.807, 2.05) is 30.3 Å². The normalized spacial score (nSPS) is 10.8. The van der Waals surface area contributed by atoms with E-state index in [4.69, 9.17) is 10.3 Å². The van der Waals surface area contributed by atoms with Crippen molar-refractivity contribution >= 4 is 11.8 Å². The van der Waals surface area contributed by atoms with Gasteiger partial charge in [0, 0.05) is 5.56 Å². The van der Waals surface area contributed by atoms with E-state index in [2.05, 4.69) is 20.4 Å². The number of nitrogens with zero attached hydrogens (tertiary/aromatic N) is 5. The smallest absolute Gasteiger partial charge is 0.247 e. The maximum atomic E-state index is 5.77. The second-order valence-electron chi connectivity index (χ2n) is 4.06. The fourth-order valence-corrected chi connectivity index (χ4v) is 2.32. The van der Waals surface area contributed by atoms with E-state index in [1.54, 1.807) is 6.92 Å². The van der Waals surface area contributed by atoms with E-state index in [0.717, 1.165) is 5.56 Å². The molecule has 0 atom stereocenters. The summed E-state index contributed by atoms with van der Waals surface area (Å²) < 4.78 is 7.03. The van der Waals surface area contributed by atoms with Crippen LogP contribution in [0.4, 0.5) is 0 Å². The maximum Gasteiger partial charge on any atom is 0.247 e. The Bertz CT molecular complexity index is 708. The van der Waals surface area contributed by atoms with Crippen LogP contribution in [0.2, 0.25) is 0 Å². The molecule has 0 amide bonds. The number of thioether (sulfide) groups is 1. The molecule has 8 heteroatoms. The lowest BCUT2D eigenvalue weighted by atomic mass is 10.2. The lowest BCUT2D eigenvalue weighted by molar-refractivity contribution is 0.528. The molecule has 0 fully saturated rings. The van der Waals surface area contributed by atoms with E-state index in [1.165, 1.54) is 16.4 Å². The number of nitrogen functional groups attached to an aromatic ring is 1. The van der Waals surface area contributed by atoms with Gasteiger partial charge in [0.15, 0.2) is 0 Å². The van der Waals surface area contributed by atoms with Crippen molar-refractivity contribution < 1.29 is 4.42 Å². The predicted octanol–water partition coefficient (Wildman–Crippen LogP) is 1.64. The summed E-state index contributed by atoms with van der Waals surface area (Å²) in [4.78, 5) is 0. The highest BCUT2D eigenvalue weighted by Gasteiger charge is 2.11. The van der Waals surface area contributed by atoms with E-state index >= 15 is 0 Å². The van der Waals surface area contributed by atoms with Crippen LogP contribution in [0.1, 0.15) is 11.7 Å². The summed E-state index contributed by atoms with van der Waals surface area (Å²) >= 11 is 1.40. The summed E-state index contributed by atoms with van der Waals surface area (Å²) in [5, 5.41) is 16.5. The zero-order valence-electron chi connectivity index (χ0n) is 10.7. The quantitative estimate of drug-likeness (QED) is 0.576. The monoisotopic (exact) mass is 288 g/mol. The van der Waals surface area contributed by atoms with Gasteiger partial charge in [-0.1, -0.05) is 30.0 Å². The molecule has 2 N–H and O–H groups in total. The van der Waals surface area contributed by atoms with E-state index in [9.17, 15) is 0 Å². The minimum absolute atomic E-state index is 0.495. The van der Waals surface area contributed by atoms with Gasteiger partial charge < -0.3 is 10.3 Å². The highest BCUT2D eigenvalue weighted by molar-refractivity contribution is 7.98. The van der Waals surface area contributed by atoms with Gasteiger partial charge in [0.05, 0.1) is 5.75 Å². The Morgan fingerprint density at radius 3 is 2.65 bits per heavy atom. The van der Waals surface area contributed by atoms with Crippen molar-refractivity contribution in [3.8, 4) is 11.5 Å². The molecule has 3 rings (SSSR count). The summed E-state index contributed by atoms with van der Waals surface area (Å²) in [7, 11) is 0. The van der Waals surface area contributed by atoms with Crippen LogP contribution in [0.5, 0.6) is 0 Å². The first-order valence-electron chi connectivity index (χ1n) is 5.92. The SMILES string of the molecule is Cc1nnc(SCc2nnc(-c3ccccc3)o2)n1N. The first kappa shape index (κ1) is 12.7. The van der Waals surface area contributed by atoms with Crippen molar-refractivity contribution in [2.75, 3.05) is 5.84 Å². The third kappa shape index (κ3) is 2.50. The third-order valence-electron chi connectivity index (χ3n) is 2.65. The lowest BCUT2D eigenvalue weighted by Gasteiger charge is -1.98. The standard InChI is InChI=1S/C12H12N6OS/c1-8-14-17-12(18(8)13)20-7-10-15-16-11(19-10)9-5-3-2-4-6-9/h2-6H,7,13H2,1H3. The Hall–Kier alpha value is -2.35.